The number of hydrazone groups is 1. The van der Waals surface area contributed by atoms with Crippen molar-refractivity contribution < 1.29 is 23.5 Å². The molecule has 6 nitrogen and oxygen atoms in total. The third kappa shape index (κ3) is 5.38. The Bertz CT molecular complexity index is 1520. The minimum absolute atomic E-state index is 0.0282. The number of halogens is 2. The number of nitrogens with zero attached hydrogens (tertiary/aromatic N) is 2. The lowest BCUT2D eigenvalue weighted by molar-refractivity contribution is -0.152. The number of esters is 1. The number of hydrogen-bond donors (Lipinski definition) is 0. The number of fused-ring (bicyclic) bond motifs is 1. The van der Waals surface area contributed by atoms with Crippen LogP contribution in [0, 0.1) is 5.82 Å². The van der Waals surface area contributed by atoms with Crippen LogP contribution in [0.1, 0.15) is 29.2 Å². The van der Waals surface area contributed by atoms with Crippen LogP contribution < -0.4 is 4.74 Å². The molecule has 0 N–H and O–H groups in total. The summed E-state index contributed by atoms with van der Waals surface area (Å²) in [5.41, 5.74) is 2.54. The molecule has 192 valence electrons. The molecule has 1 aliphatic rings. The fourth-order valence-corrected chi connectivity index (χ4v) is 4.70. The Balaban J connectivity index is 1.37. The van der Waals surface area contributed by atoms with Gasteiger partial charge in [0.15, 0.2) is 6.61 Å². The SMILES string of the molecule is COc1ccc([C@@H]2CC(c3ccc4ccccc4c3)=NN2C(=O)COC(=O)Cc2c(F)cccc2Cl)cc1. The van der Waals surface area contributed by atoms with Gasteiger partial charge in [-0.25, -0.2) is 9.40 Å². The normalized spacial score (nSPS) is 14.9. The van der Waals surface area contributed by atoms with E-state index >= 15 is 0 Å². The highest BCUT2D eigenvalue weighted by molar-refractivity contribution is 6.31. The molecule has 0 fully saturated rings. The number of carbonyl (C=O) groups excluding carboxylic acids is 2. The van der Waals surface area contributed by atoms with Crippen molar-refractivity contribution in [3.63, 3.8) is 0 Å². The smallest absolute Gasteiger partial charge is 0.310 e. The maximum absolute atomic E-state index is 14.1. The second-order valence-electron chi connectivity index (χ2n) is 8.88. The zero-order valence-electron chi connectivity index (χ0n) is 20.6. The van der Waals surface area contributed by atoms with Gasteiger partial charge in [-0.3, -0.25) is 9.59 Å². The topological polar surface area (TPSA) is 68.2 Å². The molecule has 5 rings (SSSR count). The van der Waals surface area contributed by atoms with E-state index in [1.807, 2.05) is 66.7 Å². The summed E-state index contributed by atoms with van der Waals surface area (Å²) in [6.07, 6.45) is 0.0987. The summed E-state index contributed by atoms with van der Waals surface area (Å²) < 4.78 is 24.5. The molecule has 1 atom stereocenters. The molecule has 0 radical (unpaired) electrons. The second-order valence-corrected chi connectivity index (χ2v) is 9.28. The molecule has 38 heavy (non-hydrogen) atoms. The number of hydrogen-bond acceptors (Lipinski definition) is 5. The van der Waals surface area contributed by atoms with E-state index in [1.54, 1.807) is 7.11 Å². The maximum atomic E-state index is 14.1. The lowest BCUT2D eigenvalue weighted by atomic mass is 9.97. The molecule has 0 saturated heterocycles. The minimum Gasteiger partial charge on any atom is -0.497 e. The van der Waals surface area contributed by atoms with Crippen molar-refractivity contribution in [2.24, 2.45) is 5.10 Å². The van der Waals surface area contributed by atoms with Crippen molar-refractivity contribution in [1.29, 1.82) is 0 Å². The van der Waals surface area contributed by atoms with Gasteiger partial charge in [0.1, 0.15) is 11.6 Å². The highest BCUT2D eigenvalue weighted by atomic mass is 35.5. The average molecular weight is 531 g/mol. The zero-order valence-corrected chi connectivity index (χ0v) is 21.3. The van der Waals surface area contributed by atoms with Crippen molar-refractivity contribution in [2.45, 2.75) is 18.9 Å². The van der Waals surface area contributed by atoms with E-state index < -0.39 is 30.3 Å². The molecule has 0 aliphatic carbocycles. The minimum atomic E-state index is -0.760. The maximum Gasteiger partial charge on any atom is 0.310 e. The van der Waals surface area contributed by atoms with Gasteiger partial charge in [0.25, 0.3) is 5.91 Å². The first-order chi connectivity index (χ1) is 18.4. The monoisotopic (exact) mass is 530 g/mol. The quantitative estimate of drug-likeness (QED) is 0.271. The van der Waals surface area contributed by atoms with Crippen molar-refractivity contribution in [1.82, 2.24) is 5.01 Å². The van der Waals surface area contributed by atoms with Gasteiger partial charge >= 0.3 is 5.97 Å². The molecule has 0 unspecified atom stereocenters. The van der Waals surface area contributed by atoms with Gasteiger partial charge in [-0.05, 0) is 52.2 Å². The van der Waals surface area contributed by atoms with E-state index in [0.717, 1.165) is 27.6 Å². The number of ether oxygens (including phenoxy) is 2. The van der Waals surface area contributed by atoms with Crippen molar-refractivity contribution in [2.75, 3.05) is 13.7 Å². The zero-order chi connectivity index (χ0) is 26.6. The lowest BCUT2D eigenvalue weighted by Crippen LogP contribution is -2.31. The standard InChI is InChI=1S/C30H24ClFN2O4/c1-37-23-13-11-20(12-14-23)28-17-27(22-10-9-19-5-2-3-6-21(19)15-22)33-34(28)29(35)18-38-30(36)16-24-25(31)7-4-8-26(24)32/h2-15,28H,16-18H2,1H3/t28-/m0/s1. The van der Waals surface area contributed by atoms with E-state index in [0.29, 0.717) is 12.2 Å². The Morgan fingerprint density at radius 2 is 1.76 bits per heavy atom. The van der Waals surface area contributed by atoms with Gasteiger partial charge in [0, 0.05) is 17.0 Å². The van der Waals surface area contributed by atoms with Crippen LogP contribution in [-0.2, 0) is 20.7 Å². The molecular weight excluding hydrogens is 507 g/mol. The van der Waals surface area contributed by atoms with Crippen molar-refractivity contribution in [3.8, 4) is 5.75 Å². The van der Waals surface area contributed by atoms with Gasteiger partial charge in [-0.1, -0.05) is 66.2 Å². The van der Waals surface area contributed by atoms with Gasteiger partial charge in [0.05, 0.1) is 25.3 Å². The Hall–Kier alpha value is -4.23. The Morgan fingerprint density at radius 3 is 2.50 bits per heavy atom. The van der Waals surface area contributed by atoms with Crippen LogP contribution in [0.4, 0.5) is 4.39 Å². The fraction of sp³-hybridized carbons (Fsp3) is 0.167. The van der Waals surface area contributed by atoms with E-state index in [1.165, 1.54) is 23.2 Å². The molecule has 0 bridgehead atoms. The van der Waals surface area contributed by atoms with Crippen LogP contribution in [0.15, 0.2) is 90.0 Å². The highest BCUT2D eigenvalue weighted by Crippen LogP contribution is 2.34. The third-order valence-electron chi connectivity index (χ3n) is 6.49. The summed E-state index contributed by atoms with van der Waals surface area (Å²) in [4.78, 5) is 25.6. The van der Waals surface area contributed by atoms with Crippen LogP contribution >= 0.6 is 11.6 Å². The third-order valence-corrected chi connectivity index (χ3v) is 6.84. The Morgan fingerprint density at radius 1 is 1.00 bits per heavy atom. The van der Waals surface area contributed by atoms with E-state index in [2.05, 4.69) is 5.10 Å². The van der Waals surface area contributed by atoms with E-state index in [9.17, 15) is 14.0 Å². The van der Waals surface area contributed by atoms with Crippen LogP contribution in [0.3, 0.4) is 0 Å². The Labute approximate surface area is 224 Å². The molecule has 4 aromatic carbocycles. The molecule has 1 heterocycles. The molecule has 1 amide bonds. The van der Waals surface area contributed by atoms with Crippen molar-refractivity contribution in [3.05, 3.63) is 112 Å². The number of methoxy groups -OCH3 is 1. The summed E-state index contributed by atoms with van der Waals surface area (Å²) >= 11 is 6.01. The van der Waals surface area contributed by atoms with E-state index in [-0.39, 0.29) is 17.0 Å². The van der Waals surface area contributed by atoms with Gasteiger partial charge in [0.2, 0.25) is 0 Å². The largest absolute Gasteiger partial charge is 0.497 e. The molecular formula is C30H24ClFN2O4. The number of rotatable bonds is 7. The van der Waals surface area contributed by atoms with Gasteiger partial charge in [-0.2, -0.15) is 5.10 Å². The number of benzene rings is 4. The first kappa shape index (κ1) is 25.4. The van der Waals surface area contributed by atoms with Crippen LogP contribution in [0.5, 0.6) is 5.75 Å². The predicted molar refractivity (Wildman–Crippen MR) is 144 cm³/mol. The molecule has 0 spiro atoms. The van der Waals surface area contributed by atoms with Crippen LogP contribution in [0.25, 0.3) is 10.8 Å². The molecule has 0 saturated carbocycles. The van der Waals surface area contributed by atoms with Crippen molar-refractivity contribution >= 4 is 40.0 Å². The molecule has 1 aliphatic heterocycles. The fourth-order valence-electron chi connectivity index (χ4n) is 4.47. The summed E-state index contributed by atoms with van der Waals surface area (Å²) in [7, 11) is 1.59. The molecule has 8 heteroatoms. The lowest BCUT2D eigenvalue weighted by Gasteiger charge is -2.22. The average Bonchev–Trinajstić information content (AvgIpc) is 3.39. The van der Waals surface area contributed by atoms with Crippen LogP contribution in [0.2, 0.25) is 5.02 Å². The van der Waals surface area contributed by atoms with Gasteiger partial charge in [-0.15, -0.1) is 0 Å². The summed E-state index contributed by atoms with van der Waals surface area (Å²) in [5, 5.41) is 8.31. The second kappa shape index (κ2) is 11.0. The summed E-state index contributed by atoms with van der Waals surface area (Å²) in [5.74, 6) is -1.16. The first-order valence-corrected chi connectivity index (χ1v) is 12.4. The summed E-state index contributed by atoms with van der Waals surface area (Å²) in [6, 6.07) is 25.3. The highest BCUT2D eigenvalue weighted by Gasteiger charge is 2.33. The predicted octanol–water partition coefficient (Wildman–Crippen LogP) is 6.10. The van der Waals surface area contributed by atoms with Gasteiger partial charge < -0.3 is 9.47 Å². The number of carbonyl (C=O) groups is 2. The van der Waals surface area contributed by atoms with Crippen LogP contribution in [-0.4, -0.2) is 36.3 Å². The van der Waals surface area contributed by atoms with E-state index in [4.69, 9.17) is 21.1 Å². The molecule has 4 aromatic rings. The first-order valence-electron chi connectivity index (χ1n) is 12.0. The Kier molecular flexibility index (Phi) is 7.38. The molecule has 0 aromatic heterocycles. The summed E-state index contributed by atoms with van der Waals surface area (Å²) in [6.45, 7) is -0.536. The number of amides is 1.